The van der Waals surface area contributed by atoms with Crippen LogP contribution in [-0.2, 0) is 9.53 Å². The Morgan fingerprint density at radius 3 is 2.51 bits per heavy atom. The number of nitrogens with one attached hydrogen (secondary N) is 4. The predicted octanol–water partition coefficient (Wildman–Crippen LogP) is 6.78. The molecular weight excluding hydrogens is 631 g/mol. The number of fused-ring (bicyclic) bond motifs is 2. The number of rotatable bonds is 13. The maximum Gasteiger partial charge on any atom is 0.407 e. The van der Waals surface area contributed by atoms with E-state index < -0.39 is 6.09 Å². The molecule has 1 aliphatic rings. The number of nitrogens with zero attached hydrogens (tertiary/aromatic N) is 3. The lowest BCUT2D eigenvalue weighted by molar-refractivity contribution is -0.130. The average molecular weight is 670 g/mol. The zero-order valence-corrected chi connectivity index (χ0v) is 28.2. The summed E-state index contributed by atoms with van der Waals surface area (Å²) in [5.41, 5.74) is 6.12. The van der Waals surface area contributed by atoms with Gasteiger partial charge in [-0.25, -0.2) is 9.78 Å². The van der Waals surface area contributed by atoms with Crippen molar-refractivity contribution < 1.29 is 14.3 Å². The molecule has 0 aliphatic carbocycles. The molecule has 1 atom stereocenters. The number of alkyl carbamates (subject to hydrolysis) is 1. The van der Waals surface area contributed by atoms with E-state index in [1.165, 1.54) is 38.2 Å². The highest BCUT2D eigenvalue weighted by Crippen LogP contribution is 2.42. The summed E-state index contributed by atoms with van der Waals surface area (Å²) in [4.78, 5) is 40.6. The Kier molecular flexibility index (Phi) is 10.3. The summed E-state index contributed by atoms with van der Waals surface area (Å²) < 4.78 is 7.10. The third-order valence-electron chi connectivity index (χ3n) is 8.20. The summed E-state index contributed by atoms with van der Waals surface area (Å²) >= 11 is 3.61. The molecule has 3 aromatic heterocycles. The number of imidazole rings is 1. The number of H-pyrrole nitrogens is 1. The molecular formula is C35H39N7O3S2. The molecule has 0 saturated carbocycles. The molecule has 1 saturated heterocycles. The second-order valence-electron chi connectivity index (χ2n) is 11.4. The van der Waals surface area contributed by atoms with Crippen LogP contribution in [0.5, 0.6) is 0 Å². The number of methoxy groups -OCH3 is 1. The molecule has 47 heavy (non-hydrogen) atoms. The quantitative estimate of drug-likeness (QED) is 0.0810. The van der Waals surface area contributed by atoms with Gasteiger partial charge in [-0.3, -0.25) is 9.79 Å². The van der Waals surface area contributed by atoms with E-state index in [1.54, 1.807) is 16.2 Å². The van der Waals surface area contributed by atoms with Crippen molar-refractivity contribution in [1.82, 2.24) is 30.8 Å². The molecule has 2 amide bonds. The number of benzene rings is 2. The topological polar surface area (TPSA) is 124 Å². The Morgan fingerprint density at radius 1 is 1.09 bits per heavy atom. The number of amides is 2. The summed E-state index contributed by atoms with van der Waals surface area (Å²) in [7, 11) is 1.27. The van der Waals surface area contributed by atoms with Gasteiger partial charge >= 0.3 is 6.09 Å². The monoisotopic (exact) mass is 669 g/mol. The maximum atomic E-state index is 12.5. The molecule has 244 valence electrons. The van der Waals surface area contributed by atoms with Crippen molar-refractivity contribution in [1.29, 1.82) is 0 Å². The fourth-order valence-electron chi connectivity index (χ4n) is 5.74. The van der Waals surface area contributed by atoms with Gasteiger partial charge in [0, 0.05) is 50.6 Å². The minimum absolute atomic E-state index is 0.0981. The van der Waals surface area contributed by atoms with Crippen molar-refractivity contribution in [2.24, 2.45) is 4.99 Å². The van der Waals surface area contributed by atoms with E-state index in [-0.39, 0.29) is 12.5 Å². The van der Waals surface area contributed by atoms with Gasteiger partial charge in [0.2, 0.25) is 5.91 Å². The first-order valence-corrected chi connectivity index (χ1v) is 17.5. The lowest BCUT2D eigenvalue weighted by Crippen LogP contribution is -2.42. The first kappa shape index (κ1) is 32.4. The van der Waals surface area contributed by atoms with E-state index >= 15 is 0 Å². The zero-order chi connectivity index (χ0) is 32.8. The molecule has 6 rings (SSSR count). The highest BCUT2D eigenvalue weighted by Gasteiger charge is 2.20. The number of aromatic nitrogens is 2. The highest BCUT2D eigenvalue weighted by atomic mass is 32.1. The second kappa shape index (κ2) is 14.9. The minimum Gasteiger partial charge on any atom is -0.453 e. The van der Waals surface area contributed by atoms with Gasteiger partial charge in [0.15, 0.2) is 0 Å². The van der Waals surface area contributed by atoms with Gasteiger partial charge in [0.1, 0.15) is 12.4 Å². The molecule has 0 bridgehead atoms. The molecule has 12 heteroatoms. The van der Waals surface area contributed by atoms with Gasteiger partial charge in [0.05, 0.1) is 29.9 Å². The van der Waals surface area contributed by atoms with Crippen LogP contribution in [0, 0.1) is 0 Å². The molecule has 5 aromatic rings. The van der Waals surface area contributed by atoms with Gasteiger partial charge in [-0.1, -0.05) is 37.3 Å². The van der Waals surface area contributed by atoms with Crippen molar-refractivity contribution in [3.8, 4) is 20.9 Å². The number of thiophene rings is 2. The van der Waals surface area contributed by atoms with Crippen molar-refractivity contribution in [2.45, 2.75) is 32.2 Å². The summed E-state index contributed by atoms with van der Waals surface area (Å²) in [6.07, 6.45) is 4.33. The van der Waals surface area contributed by atoms with Crippen LogP contribution in [0.15, 0.2) is 65.8 Å². The Balaban J connectivity index is 1.08. The normalized spacial score (nSPS) is 14.9. The molecule has 2 aromatic carbocycles. The Labute approximate surface area is 282 Å². The zero-order valence-electron chi connectivity index (χ0n) is 26.6. The van der Waals surface area contributed by atoms with Crippen molar-refractivity contribution in [2.75, 3.05) is 39.8 Å². The van der Waals surface area contributed by atoms with Crippen LogP contribution >= 0.6 is 22.7 Å². The summed E-state index contributed by atoms with van der Waals surface area (Å²) in [5.74, 6) is 0.877. The number of hydrogen-bond donors (Lipinski definition) is 4. The Bertz CT molecular complexity index is 1870. The SMILES string of the molecule is C=N/C(=C\NCCN(CCC)C(=O)CNC(=O)OC)c1ccc(-c2cc3sc(-c4ccc5nc(C6CCCN6)[nH]c5c4)cc3s2)cc1. The molecule has 0 spiro atoms. The number of carbonyl (C=O) groups excluding carboxylic acids is 2. The van der Waals surface area contributed by atoms with E-state index in [0.717, 1.165) is 53.1 Å². The number of carbonyl (C=O) groups is 2. The van der Waals surface area contributed by atoms with Gasteiger partial charge in [-0.15, -0.1) is 22.7 Å². The van der Waals surface area contributed by atoms with Crippen molar-refractivity contribution in [3.05, 3.63) is 72.2 Å². The van der Waals surface area contributed by atoms with E-state index in [4.69, 9.17) is 4.98 Å². The van der Waals surface area contributed by atoms with Gasteiger partial charge in [-0.05, 0) is 67.9 Å². The predicted molar refractivity (Wildman–Crippen MR) is 193 cm³/mol. The number of hydrogen-bond acceptors (Lipinski definition) is 9. The van der Waals surface area contributed by atoms with Gasteiger partial charge in [-0.2, -0.15) is 0 Å². The lowest BCUT2D eigenvalue weighted by Gasteiger charge is -2.22. The van der Waals surface area contributed by atoms with Crippen LogP contribution in [0.3, 0.4) is 0 Å². The first-order valence-electron chi connectivity index (χ1n) is 15.8. The third-order valence-corrected chi connectivity index (χ3v) is 10.6. The first-order chi connectivity index (χ1) is 22.9. The van der Waals surface area contributed by atoms with Crippen LogP contribution in [0.4, 0.5) is 4.79 Å². The van der Waals surface area contributed by atoms with Crippen LogP contribution in [0.1, 0.15) is 43.6 Å². The lowest BCUT2D eigenvalue weighted by atomic mass is 10.1. The largest absolute Gasteiger partial charge is 0.453 e. The molecule has 4 heterocycles. The maximum absolute atomic E-state index is 12.5. The average Bonchev–Trinajstić information content (AvgIpc) is 3.90. The second-order valence-corrected chi connectivity index (χ2v) is 13.6. The summed E-state index contributed by atoms with van der Waals surface area (Å²) in [6, 6.07) is 19.7. The Hall–Kier alpha value is -4.52. The van der Waals surface area contributed by atoms with E-state index in [9.17, 15) is 9.59 Å². The van der Waals surface area contributed by atoms with E-state index in [0.29, 0.717) is 25.7 Å². The number of aromatic amines is 1. The summed E-state index contributed by atoms with van der Waals surface area (Å²) in [5, 5.41) is 9.22. The van der Waals surface area contributed by atoms with E-state index in [2.05, 4.69) is 92.0 Å². The molecule has 10 nitrogen and oxygen atoms in total. The van der Waals surface area contributed by atoms with Crippen LogP contribution < -0.4 is 16.0 Å². The highest BCUT2D eigenvalue weighted by molar-refractivity contribution is 7.31. The van der Waals surface area contributed by atoms with Crippen molar-refractivity contribution in [3.63, 3.8) is 0 Å². The summed E-state index contributed by atoms with van der Waals surface area (Å²) in [6.45, 7) is 8.33. The Morgan fingerprint density at radius 2 is 1.83 bits per heavy atom. The van der Waals surface area contributed by atoms with Crippen LogP contribution in [0.25, 0.3) is 47.0 Å². The fraction of sp³-hybridized carbons (Fsp3) is 0.314. The molecule has 1 fully saturated rings. The van der Waals surface area contributed by atoms with Crippen LogP contribution in [-0.4, -0.2) is 73.4 Å². The number of ether oxygens (including phenoxy) is 1. The molecule has 0 radical (unpaired) electrons. The van der Waals surface area contributed by atoms with Crippen molar-refractivity contribution >= 4 is 67.5 Å². The standard InChI is InChI=1S/C35H39N7O3S2/c1-4-15-42(33(43)21-39-35(44)45-3)16-14-37-20-28(36-2)22-7-9-23(10-8-22)29-18-31-32(46-29)19-30(47-31)24-11-12-25-27(17-24)41-34(40-25)26-6-5-13-38-26/h7-12,17-20,26,37-38H,2,4-6,13-16,21H2,1,3H3,(H,39,44)(H,40,41)/b28-20-. The van der Waals surface area contributed by atoms with Crippen LogP contribution in [0.2, 0.25) is 0 Å². The smallest absolute Gasteiger partial charge is 0.407 e. The van der Waals surface area contributed by atoms with Gasteiger partial charge < -0.3 is 30.6 Å². The fourth-order valence-corrected chi connectivity index (χ4v) is 8.14. The third kappa shape index (κ3) is 7.56. The van der Waals surface area contributed by atoms with E-state index in [1.807, 2.05) is 24.5 Å². The molecule has 1 aliphatic heterocycles. The minimum atomic E-state index is -0.623. The molecule has 1 unspecified atom stereocenters. The number of aliphatic imine (C=N–C) groups is 1. The van der Waals surface area contributed by atoms with Gasteiger partial charge in [0.25, 0.3) is 0 Å². The molecule has 4 N–H and O–H groups in total.